The number of carbonyl (C=O) groups is 1. The minimum atomic E-state index is -0.634. The second-order valence-corrected chi connectivity index (χ2v) is 12.0. The summed E-state index contributed by atoms with van der Waals surface area (Å²) in [5.74, 6) is -0.0460. The molecule has 1 heterocycles. The van der Waals surface area contributed by atoms with Gasteiger partial charge in [0.2, 0.25) is 5.91 Å². The lowest BCUT2D eigenvalue weighted by molar-refractivity contribution is -0.276. The monoisotopic (exact) mass is 608 g/mol. The van der Waals surface area contributed by atoms with Gasteiger partial charge in [0.05, 0.1) is 24.9 Å². The van der Waals surface area contributed by atoms with Gasteiger partial charge in [0.15, 0.2) is 6.29 Å². The zero-order valence-corrected chi connectivity index (χ0v) is 26.5. The van der Waals surface area contributed by atoms with Crippen LogP contribution in [0.1, 0.15) is 67.1 Å². The van der Waals surface area contributed by atoms with Crippen molar-refractivity contribution in [3.63, 3.8) is 0 Å². The number of amides is 1. The molecule has 4 aromatic rings. The fraction of sp³-hybridized carbons (Fsp3) is 0.342. The molecule has 4 aromatic carbocycles. The van der Waals surface area contributed by atoms with E-state index >= 15 is 0 Å². The third kappa shape index (κ3) is 7.87. The van der Waals surface area contributed by atoms with E-state index < -0.39 is 12.4 Å². The van der Waals surface area contributed by atoms with Gasteiger partial charge in [-0.1, -0.05) is 110 Å². The van der Waals surface area contributed by atoms with Gasteiger partial charge in [0.1, 0.15) is 0 Å². The van der Waals surface area contributed by atoms with Gasteiger partial charge in [-0.25, -0.2) is 0 Å². The molecular formula is C38H44N2O5. The topological polar surface area (TPSA) is 91.3 Å². The summed E-state index contributed by atoms with van der Waals surface area (Å²) < 4.78 is 13.4. The number of aliphatic hydroxyl groups is 2. The number of nitrogens with zero attached hydrogens (tertiary/aromatic N) is 1. The summed E-state index contributed by atoms with van der Waals surface area (Å²) in [4.78, 5) is 13.7. The average Bonchev–Trinajstić information content (AvgIpc) is 3.08. The SMILES string of the molecule is CC(=O)NCc1ccccc1-c1ccc([C@H]2O[C@@H](CN(C)[C@@H](C)[C@H](O)c3ccccc3)[C@@H](C)[C@@H](c3ccc(CO)cc3)O2)cc1. The van der Waals surface area contributed by atoms with Crippen LogP contribution in [-0.4, -0.2) is 46.8 Å². The number of benzene rings is 4. The van der Waals surface area contributed by atoms with Crippen LogP contribution >= 0.6 is 0 Å². The highest BCUT2D eigenvalue weighted by molar-refractivity contribution is 5.74. The first kappa shape index (κ1) is 32.5. The van der Waals surface area contributed by atoms with Crippen LogP contribution in [0.2, 0.25) is 0 Å². The molecule has 7 heteroatoms. The van der Waals surface area contributed by atoms with Crippen molar-refractivity contribution in [2.24, 2.45) is 5.92 Å². The Balaban J connectivity index is 1.39. The van der Waals surface area contributed by atoms with Gasteiger partial charge < -0.3 is 25.0 Å². The molecule has 0 bridgehead atoms. The van der Waals surface area contributed by atoms with Crippen molar-refractivity contribution in [3.05, 3.63) is 131 Å². The largest absolute Gasteiger partial charge is 0.392 e. The van der Waals surface area contributed by atoms with Crippen molar-refractivity contribution < 1.29 is 24.5 Å². The number of hydrogen-bond acceptors (Lipinski definition) is 6. The van der Waals surface area contributed by atoms with E-state index in [0.29, 0.717) is 13.1 Å². The number of hydrogen-bond donors (Lipinski definition) is 3. The Hall–Kier alpha value is -3.85. The third-order valence-corrected chi connectivity index (χ3v) is 8.92. The van der Waals surface area contributed by atoms with Gasteiger partial charge in [0.25, 0.3) is 0 Å². The average molecular weight is 609 g/mol. The Kier molecular flexibility index (Phi) is 10.8. The lowest BCUT2D eigenvalue weighted by atomic mass is 9.89. The van der Waals surface area contributed by atoms with Gasteiger partial charge in [-0.15, -0.1) is 0 Å². The normalized spacial score (nSPS) is 21.3. The summed E-state index contributed by atoms with van der Waals surface area (Å²) in [6, 6.07) is 33.8. The van der Waals surface area contributed by atoms with E-state index in [1.165, 1.54) is 6.92 Å². The quantitative estimate of drug-likeness (QED) is 0.184. The molecule has 1 aliphatic rings. The van der Waals surface area contributed by atoms with Crippen LogP contribution in [0.5, 0.6) is 0 Å². The third-order valence-electron chi connectivity index (χ3n) is 8.92. The summed E-state index contributed by atoms with van der Waals surface area (Å²) in [6.07, 6.45) is -1.65. The van der Waals surface area contributed by atoms with Crippen molar-refractivity contribution in [1.82, 2.24) is 10.2 Å². The maximum absolute atomic E-state index is 11.5. The second-order valence-electron chi connectivity index (χ2n) is 12.0. The maximum Gasteiger partial charge on any atom is 0.217 e. The second kappa shape index (κ2) is 15.0. The molecule has 1 amide bonds. The Morgan fingerprint density at radius 1 is 0.889 bits per heavy atom. The molecule has 5 rings (SSSR count). The molecule has 0 spiro atoms. The van der Waals surface area contributed by atoms with E-state index in [1.807, 2.05) is 98.9 Å². The van der Waals surface area contributed by atoms with Crippen LogP contribution < -0.4 is 5.32 Å². The van der Waals surface area contributed by atoms with Crippen molar-refractivity contribution in [3.8, 4) is 11.1 Å². The predicted molar refractivity (Wildman–Crippen MR) is 176 cm³/mol. The van der Waals surface area contributed by atoms with E-state index in [2.05, 4.69) is 35.3 Å². The predicted octanol–water partition coefficient (Wildman–Crippen LogP) is 6.33. The van der Waals surface area contributed by atoms with E-state index in [9.17, 15) is 15.0 Å². The fourth-order valence-corrected chi connectivity index (χ4v) is 5.94. The minimum absolute atomic E-state index is 0.0115. The molecule has 3 N–H and O–H groups in total. The van der Waals surface area contributed by atoms with Crippen LogP contribution in [-0.2, 0) is 27.4 Å². The van der Waals surface area contributed by atoms with Crippen LogP contribution in [0.25, 0.3) is 11.1 Å². The molecule has 1 saturated heterocycles. The molecule has 1 fully saturated rings. The van der Waals surface area contributed by atoms with Crippen molar-refractivity contribution in [1.29, 1.82) is 0 Å². The van der Waals surface area contributed by atoms with Gasteiger partial charge in [-0.2, -0.15) is 0 Å². The first-order chi connectivity index (χ1) is 21.7. The molecule has 0 unspecified atom stereocenters. The summed E-state index contributed by atoms with van der Waals surface area (Å²) in [5, 5.41) is 23.6. The Bertz CT molecular complexity index is 1530. The Labute approximate surface area is 266 Å². The molecular weight excluding hydrogens is 564 g/mol. The summed E-state index contributed by atoms with van der Waals surface area (Å²) in [6.45, 7) is 6.75. The molecule has 0 aromatic heterocycles. The van der Waals surface area contributed by atoms with Gasteiger partial charge >= 0.3 is 0 Å². The molecule has 6 atom stereocenters. The van der Waals surface area contributed by atoms with Gasteiger partial charge in [-0.3, -0.25) is 9.69 Å². The molecule has 0 saturated carbocycles. The first-order valence-electron chi connectivity index (χ1n) is 15.6. The van der Waals surface area contributed by atoms with Crippen LogP contribution in [0, 0.1) is 5.92 Å². The summed E-state index contributed by atoms with van der Waals surface area (Å²) in [5.41, 5.74) is 6.82. The molecule has 7 nitrogen and oxygen atoms in total. The number of carbonyl (C=O) groups excluding carboxylic acids is 1. The van der Waals surface area contributed by atoms with Crippen LogP contribution in [0.15, 0.2) is 103 Å². The zero-order chi connectivity index (χ0) is 31.9. The Morgan fingerprint density at radius 3 is 2.20 bits per heavy atom. The molecule has 45 heavy (non-hydrogen) atoms. The maximum atomic E-state index is 11.5. The minimum Gasteiger partial charge on any atom is -0.392 e. The summed E-state index contributed by atoms with van der Waals surface area (Å²) in [7, 11) is 2.02. The number of likely N-dealkylation sites (N-methyl/N-ethyl adjacent to an activating group) is 1. The van der Waals surface area contributed by atoms with Crippen molar-refractivity contribution in [2.45, 2.75) is 64.6 Å². The number of nitrogens with one attached hydrogen (secondary N) is 1. The number of rotatable bonds is 11. The molecule has 236 valence electrons. The standard InChI is InChI=1S/C38H44N2O5/c1-25-35(23-40(4)26(2)36(43)30-10-6-5-7-11-30)44-38(45-37(25)31-16-14-28(24-41)15-17-31)32-20-18-29(19-21-32)34-13-9-8-12-33(34)22-39-27(3)42/h5-21,25-26,35-38,41,43H,22-24H2,1-4H3,(H,39,42)/t25-,26+,35+,36+,37+,38+/m1/s1. The van der Waals surface area contributed by atoms with Crippen molar-refractivity contribution >= 4 is 5.91 Å². The van der Waals surface area contributed by atoms with Gasteiger partial charge in [-0.05, 0) is 47.4 Å². The molecule has 0 radical (unpaired) electrons. The highest BCUT2D eigenvalue weighted by atomic mass is 16.7. The van der Waals surface area contributed by atoms with E-state index in [0.717, 1.165) is 38.9 Å². The zero-order valence-electron chi connectivity index (χ0n) is 26.5. The molecule has 0 aliphatic carbocycles. The number of ether oxygens (including phenoxy) is 2. The van der Waals surface area contributed by atoms with Crippen LogP contribution in [0.4, 0.5) is 0 Å². The van der Waals surface area contributed by atoms with E-state index in [1.54, 1.807) is 0 Å². The van der Waals surface area contributed by atoms with Gasteiger partial charge in [0, 0.05) is 37.5 Å². The summed E-state index contributed by atoms with van der Waals surface area (Å²) >= 11 is 0. The lowest BCUT2D eigenvalue weighted by Crippen LogP contribution is -2.46. The smallest absolute Gasteiger partial charge is 0.217 e. The Morgan fingerprint density at radius 2 is 1.53 bits per heavy atom. The van der Waals surface area contributed by atoms with E-state index in [4.69, 9.17) is 9.47 Å². The highest BCUT2D eigenvalue weighted by Crippen LogP contribution is 2.42. The molecule has 1 aliphatic heterocycles. The number of aliphatic hydroxyl groups excluding tert-OH is 2. The van der Waals surface area contributed by atoms with Crippen molar-refractivity contribution in [2.75, 3.05) is 13.6 Å². The fourth-order valence-electron chi connectivity index (χ4n) is 5.94. The first-order valence-corrected chi connectivity index (χ1v) is 15.6. The highest BCUT2D eigenvalue weighted by Gasteiger charge is 2.39. The lowest BCUT2D eigenvalue weighted by Gasteiger charge is -2.43. The van der Waals surface area contributed by atoms with Crippen LogP contribution in [0.3, 0.4) is 0 Å². The van der Waals surface area contributed by atoms with E-state index in [-0.39, 0.29) is 36.7 Å².